The number of para-hydroxylation sites is 1. The lowest BCUT2D eigenvalue weighted by atomic mass is 9.98. The first-order chi connectivity index (χ1) is 13.3. The van der Waals surface area contributed by atoms with E-state index in [-0.39, 0.29) is 24.6 Å². The fraction of sp³-hybridized carbons (Fsp3) is 0.333. The van der Waals surface area contributed by atoms with E-state index >= 15 is 0 Å². The van der Waals surface area contributed by atoms with Crippen LogP contribution >= 0.6 is 0 Å². The summed E-state index contributed by atoms with van der Waals surface area (Å²) < 4.78 is 39.9. The normalized spacial score (nSPS) is 19.7. The summed E-state index contributed by atoms with van der Waals surface area (Å²) in [6.07, 6.45) is -3.89. The van der Waals surface area contributed by atoms with Crippen LogP contribution < -0.4 is 4.90 Å². The van der Waals surface area contributed by atoms with Crippen LogP contribution in [0.15, 0.2) is 48.5 Å². The summed E-state index contributed by atoms with van der Waals surface area (Å²) >= 11 is 0. The third-order valence-corrected chi connectivity index (χ3v) is 5.42. The molecule has 28 heavy (non-hydrogen) atoms. The van der Waals surface area contributed by atoms with Gasteiger partial charge in [0.25, 0.3) is 0 Å². The van der Waals surface area contributed by atoms with Gasteiger partial charge in [-0.15, -0.1) is 0 Å². The average molecular weight is 388 g/mol. The number of anilines is 1. The molecule has 2 aliphatic heterocycles. The first-order valence-corrected chi connectivity index (χ1v) is 9.17. The smallest absolute Gasteiger partial charge is 0.338 e. The lowest BCUT2D eigenvalue weighted by molar-refractivity contribution is -0.137. The minimum absolute atomic E-state index is 0.0249. The first kappa shape index (κ1) is 18.5. The van der Waals surface area contributed by atoms with Crippen LogP contribution in [0.4, 0.5) is 18.9 Å². The number of hydrogen-bond donors (Lipinski definition) is 0. The van der Waals surface area contributed by atoms with Crippen molar-refractivity contribution in [3.05, 3.63) is 65.2 Å². The molecule has 0 bridgehead atoms. The Morgan fingerprint density at radius 1 is 1.00 bits per heavy atom. The Morgan fingerprint density at radius 2 is 1.68 bits per heavy atom. The van der Waals surface area contributed by atoms with Crippen molar-refractivity contribution in [3.63, 3.8) is 0 Å². The first-order valence-electron chi connectivity index (χ1n) is 9.17. The van der Waals surface area contributed by atoms with E-state index in [0.29, 0.717) is 13.1 Å². The Bertz CT molecular complexity index is 926. The van der Waals surface area contributed by atoms with Gasteiger partial charge in [-0.3, -0.25) is 9.59 Å². The molecule has 0 N–H and O–H groups in total. The molecule has 1 fully saturated rings. The molecule has 0 radical (unpaired) electrons. The van der Waals surface area contributed by atoms with Crippen LogP contribution in [0.1, 0.15) is 23.1 Å². The van der Waals surface area contributed by atoms with E-state index < -0.39 is 23.6 Å². The van der Waals surface area contributed by atoms with Crippen molar-refractivity contribution in [2.45, 2.75) is 25.6 Å². The molecule has 0 spiro atoms. The van der Waals surface area contributed by atoms with Gasteiger partial charge in [0.2, 0.25) is 11.8 Å². The highest BCUT2D eigenvalue weighted by Gasteiger charge is 2.41. The summed E-state index contributed by atoms with van der Waals surface area (Å²) in [7, 11) is 0. The molecular formula is C21H19F3N2O2. The molecule has 2 aromatic carbocycles. The molecule has 4 nitrogen and oxygen atoms in total. The topological polar surface area (TPSA) is 40.6 Å². The Kier molecular flexibility index (Phi) is 4.61. The molecule has 1 saturated heterocycles. The predicted octanol–water partition coefficient (Wildman–Crippen LogP) is 3.64. The van der Waals surface area contributed by atoms with Gasteiger partial charge in [0.1, 0.15) is 0 Å². The molecule has 2 heterocycles. The second kappa shape index (κ2) is 6.96. The molecule has 146 valence electrons. The number of amides is 2. The summed E-state index contributed by atoms with van der Waals surface area (Å²) in [6.45, 7) is 1.00. The summed E-state index contributed by atoms with van der Waals surface area (Å²) in [5.41, 5.74) is 1.24. The van der Waals surface area contributed by atoms with Crippen LogP contribution in [-0.4, -0.2) is 29.8 Å². The molecule has 2 aromatic rings. The van der Waals surface area contributed by atoms with Crippen LogP contribution in [0.2, 0.25) is 0 Å². The number of nitrogens with zero attached hydrogens (tertiary/aromatic N) is 2. The zero-order chi connectivity index (χ0) is 19.9. The maximum absolute atomic E-state index is 13.3. The van der Waals surface area contributed by atoms with Gasteiger partial charge in [-0.05, 0) is 29.7 Å². The number of hydrogen-bond acceptors (Lipinski definition) is 2. The van der Waals surface area contributed by atoms with Crippen molar-refractivity contribution in [1.82, 2.24) is 4.90 Å². The van der Waals surface area contributed by atoms with Gasteiger partial charge in [-0.1, -0.05) is 36.4 Å². The van der Waals surface area contributed by atoms with E-state index in [1.54, 1.807) is 4.90 Å². The number of rotatable bonds is 2. The van der Waals surface area contributed by atoms with Gasteiger partial charge in [0, 0.05) is 26.1 Å². The van der Waals surface area contributed by atoms with Gasteiger partial charge in [-0.2, -0.15) is 13.2 Å². The molecule has 7 heteroatoms. The van der Waals surface area contributed by atoms with Crippen molar-refractivity contribution in [1.29, 1.82) is 0 Å². The van der Waals surface area contributed by atoms with Gasteiger partial charge in [0.15, 0.2) is 0 Å². The van der Waals surface area contributed by atoms with E-state index in [0.717, 1.165) is 23.0 Å². The summed E-state index contributed by atoms with van der Waals surface area (Å²) in [4.78, 5) is 28.2. The predicted molar refractivity (Wildman–Crippen MR) is 97.5 cm³/mol. The highest BCUT2D eigenvalue weighted by molar-refractivity contribution is 6.01. The molecule has 2 amide bonds. The number of benzene rings is 2. The van der Waals surface area contributed by atoms with Crippen LogP contribution in [0, 0.1) is 5.92 Å². The van der Waals surface area contributed by atoms with Gasteiger partial charge < -0.3 is 9.80 Å². The third kappa shape index (κ3) is 3.37. The Hall–Kier alpha value is -2.83. The number of fused-ring (bicyclic) bond motifs is 1. The number of carbonyl (C=O) groups is 2. The fourth-order valence-corrected chi connectivity index (χ4v) is 4.00. The van der Waals surface area contributed by atoms with Crippen molar-refractivity contribution in [2.24, 2.45) is 5.92 Å². The standard InChI is InChI=1S/C21H19F3N2O2/c22-21(23,24)17-7-3-4-8-18(17)26-13-16(11-19(26)27)20(28)25-10-9-14-5-1-2-6-15(14)12-25/h1-8,16H,9-13H2. The highest BCUT2D eigenvalue weighted by Crippen LogP contribution is 2.38. The minimum atomic E-state index is -4.56. The summed E-state index contributed by atoms with van der Waals surface area (Å²) in [5.74, 6) is -1.25. The van der Waals surface area contributed by atoms with Crippen molar-refractivity contribution < 1.29 is 22.8 Å². The molecule has 0 saturated carbocycles. The average Bonchev–Trinajstić information content (AvgIpc) is 3.08. The molecule has 2 aliphatic rings. The molecular weight excluding hydrogens is 369 g/mol. The van der Waals surface area contributed by atoms with E-state index in [4.69, 9.17) is 0 Å². The number of carbonyl (C=O) groups excluding carboxylic acids is 2. The van der Waals surface area contributed by atoms with E-state index in [9.17, 15) is 22.8 Å². The van der Waals surface area contributed by atoms with Crippen LogP contribution in [0.3, 0.4) is 0 Å². The quantitative estimate of drug-likeness (QED) is 0.788. The molecule has 4 rings (SSSR count). The van der Waals surface area contributed by atoms with Crippen molar-refractivity contribution >= 4 is 17.5 Å². The van der Waals surface area contributed by atoms with Gasteiger partial charge in [0.05, 0.1) is 17.2 Å². The monoisotopic (exact) mass is 388 g/mol. The lowest BCUT2D eigenvalue weighted by Crippen LogP contribution is -2.40. The van der Waals surface area contributed by atoms with Crippen molar-refractivity contribution in [3.8, 4) is 0 Å². The number of halogens is 3. The van der Waals surface area contributed by atoms with E-state index in [1.807, 2.05) is 24.3 Å². The Labute approximate surface area is 160 Å². The van der Waals surface area contributed by atoms with E-state index in [1.165, 1.54) is 23.8 Å². The van der Waals surface area contributed by atoms with Crippen LogP contribution in [-0.2, 0) is 28.7 Å². The third-order valence-electron chi connectivity index (χ3n) is 5.42. The minimum Gasteiger partial charge on any atom is -0.338 e. The molecule has 1 unspecified atom stereocenters. The van der Waals surface area contributed by atoms with Crippen LogP contribution in [0.25, 0.3) is 0 Å². The maximum atomic E-state index is 13.3. The van der Waals surface area contributed by atoms with Crippen LogP contribution in [0.5, 0.6) is 0 Å². The molecule has 1 atom stereocenters. The largest absolute Gasteiger partial charge is 0.418 e. The summed E-state index contributed by atoms with van der Waals surface area (Å²) in [5, 5.41) is 0. The maximum Gasteiger partial charge on any atom is 0.418 e. The zero-order valence-corrected chi connectivity index (χ0v) is 15.1. The van der Waals surface area contributed by atoms with E-state index in [2.05, 4.69) is 0 Å². The second-order valence-corrected chi connectivity index (χ2v) is 7.20. The fourth-order valence-electron chi connectivity index (χ4n) is 4.00. The Morgan fingerprint density at radius 3 is 2.43 bits per heavy atom. The lowest BCUT2D eigenvalue weighted by Gasteiger charge is -2.30. The Balaban J connectivity index is 1.52. The van der Waals surface area contributed by atoms with Gasteiger partial charge in [-0.25, -0.2) is 0 Å². The second-order valence-electron chi connectivity index (χ2n) is 7.20. The van der Waals surface area contributed by atoms with Gasteiger partial charge >= 0.3 is 6.18 Å². The molecule has 0 aromatic heterocycles. The SMILES string of the molecule is O=C(C1CC(=O)N(c2ccccc2C(F)(F)F)C1)N1CCc2ccccc2C1. The summed E-state index contributed by atoms with van der Waals surface area (Å²) in [6, 6.07) is 12.9. The van der Waals surface area contributed by atoms with Crippen molar-refractivity contribution in [2.75, 3.05) is 18.0 Å². The molecule has 0 aliphatic carbocycles. The number of alkyl halides is 3. The highest BCUT2D eigenvalue weighted by atomic mass is 19.4. The zero-order valence-electron chi connectivity index (χ0n) is 15.1.